The lowest BCUT2D eigenvalue weighted by molar-refractivity contribution is 0.176. The molecular formula is C24H23ClF2N4O2. The number of rotatable bonds is 5. The molecule has 0 spiro atoms. The van der Waals surface area contributed by atoms with Gasteiger partial charge in [-0.05, 0) is 59.9 Å². The number of carbonyl (C=O) groups is 1. The van der Waals surface area contributed by atoms with Crippen molar-refractivity contribution >= 4 is 17.6 Å². The van der Waals surface area contributed by atoms with Crippen molar-refractivity contribution in [2.24, 2.45) is 0 Å². The maximum absolute atomic E-state index is 13.8. The van der Waals surface area contributed by atoms with Crippen molar-refractivity contribution in [1.82, 2.24) is 20.2 Å². The minimum atomic E-state index is -0.770. The second kappa shape index (κ2) is 9.80. The van der Waals surface area contributed by atoms with Gasteiger partial charge in [-0.3, -0.25) is 0 Å². The zero-order valence-corrected chi connectivity index (χ0v) is 18.7. The topological polar surface area (TPSA) is 78.4 Å². The number of aryl methyl sites for hydroxylation is 1. The lowest BCUT2D eigenvalue weighted by atomic mass is 10.0. The lowest BCUT2D eigenvalue weighted by Gasteiger charge is -2.30. The Morgan fingerprint density at radius 3 is 2.82 bits per heavy atom. The highest BCUT2D eigenvalue weighted by Gasteiger charge is 2.25. The molecule has 2 N–H and O–H groups in total. The van der Waals surface area contributed by atoms with Gasteiger partial charge in [0.1, 0.15) is 17.5 Å². The van der Waals surface area contributed by atoms with Gasteiger partial charge in [-0.1, -0.05) is 23.7 Å². The van der Waals surface area contributed by atoms with E-state index in [1.54, 1.807) is 23.2 Å². The summed E-state index contributed by atoms with van der Waals surface area (Å²) in [5.41, 5.74) is 3.90. The highest BCUT2D eigenvalue weighted by Crippen LogP contribution is 2.22. The van der Waals surface area contributed by atoms with Gasteiger partial charge in [0.15, 0.2) is 0 Å². The summed E-state index contributed by atoms with van der Waals surface area (Å²) in [4.78, 5) is 23.5. The fourth-order valence-corrected chi connectivity index (χ4v) is 3.95. The molecule has 33 heavy (non-hydrogen) atoms. The second-order valence-electron chi connectivity index (χ2n) is 8.04. The molecule has 1 atom stereocenters. The number of aliphatic hydroxyl groups excluding tert-OH is 1. The smallest absolute Gasteiger partial charge is 0.318 e. The van der Waals surface area contributed by atoms with Crippen LogP contribution in [0.4, 0.5) is 13.6 Å². The van der Waals surface area contributed by atoms with E-state index in [1.807, 2.05) is 6.92 Å². The Morgan fingerprint density at radius 1 is 1.27 bits per heavy atom. The molecule has 0 radical (unpaired) electrons. The van der Waals surface area contributed by atoms with Crippen LogP contribution in [0.3, 0.4) is 0 Å². The van der Waals surface area contributed by atoms with Crippen LogP contribution in [0.1, 0.15) is 39.8 Å². The minimum Gasteiger partial charge on any atom is -0.394 e. The maximum atomic E-state index is 13.8. The number of halogens is 3. The number of urea groups is 1. The highest BCUT2D eigenvalue weighted by atomic mass is 35.5. The van der Waals surface area contributed by atoms with Gasteiger partial charge < -0.3 is 15.3 Å². The van der Waals surface area contributed by atoms with Gasteiger partial charge in [-0.25, -0.2) is 23.5 Å². The Bertz CT molecular complexity index is 1190. The molecule has 0 saturated heterocycles. The SMILES string of the molecule is Cc1cc(F)ccc1Cc1ncc2c(n1)CN(C(=O)N[C@H](CO)c1ccc(Cl)c(F)c1)CC2. The third kappa shape index (κ3) is 5.29. The fraction of sp³-hybridized carbons (Fsp3) is 0.292. The number of fused-ring (bicyclic) bond motifs is 1. The van der Waals surface area contributed by atoms with Crippen molar-refractivity contribution in [2.75, 3.05) is 13.2 Å². The number of amides is 2. The predicted octanol–water partition coefficient (Wildman–Crippen LogP) is 4.11. The van der Waals surface area contributed by atoms with Gasteiger partial charge in [-0.15, -0.1) is 0 Å². The molecule has 2 amide bonds. The van der Waals surface area contributed by atoms with E-state index in [1.165, 1.54) is 24.3 Å². The van der Waals surface area contributed by atoms with Crippen LogP contribution in [0.5, 0.6) is 0 Å². The quantitative estimate of drug-likeness (QED) is 0.586. The highest BCUT2D eigenvalue weighted by molar-refractivity contribution is 6.30. The number of nitrogens with zero attached hydrogens (tertiary/aromatic N) is 3. The Hall–Kier alpha value is -3.10. The summed E-state index contributed by atoms with van der Waals surface area (Å²) in [5.74, 6) is -0.309. The van der Waals surface area contributed by atoms with E-state index in [0.29, 0.717) is 30.8 Å². The summed E-state index contributed by atoms with van der Waals surface area (Å²) < 4.78 is 27.2. The standard InChI is InChI=1S/C24H23ClF2N4O2/c1-14-8-18(26)4-2-15(14)10-23-28-11-17-6-7-31(12-21(17)29-23)24(33)30-22(13-32)16-3-5-19(25)20(27)9-16/h2-5,8-9,11,22,32H,6-7,10,12-13H2,1H3,(H,30,33)/t22-/m1/s1. The molecule has 0 fully saturated rings. The number of benzene rings is 2. The van der Waals surface area contributed by atoms with Gasteiger partial charge >= 0.3 is 6.03 Å². The molecule has 9 heteroatoms. The Balaban J connectivity index is 1.46. The first kappa shape index (κ1) is 23.1. The normalized spacial score (nSPS) is 14.0. The van der Waals surface area contributed by atoms with E-state index in [-0.39, 0.29) is 30.0 Å². The van der Waals surface area contributed by atoms with Crippen LogP contribution in [0.25, 0.3) is 0 Å². The van der Waals surface area contributed by atoms with Gasteiger partial charge in [-0.2, -0.15) is 0 Å². The average Bonchev–Trinajstić information content (AvgIpc) is 2.80. The number of nitrogens with one attached hydrogen (secondary N) is 1. The van der Waals surface area contributed by atoms with E-state index in [0.717, 1.165) is 22.4 Å². The van der Waals surface area contributed by atoms with E-state index < -0.39 is 11.9 Å². The van der Waals surface area contributed by atoms with Crippen molar-refractivity contribution in [1.29, 1.82) is 0 Å². The first-order valence-corrected chi connectivity index (χ1v) is 10.9. The number of hydrogen-bond acceptors (Lipinski definition) is 4. The summed E-state index contributed by atoms with van der Waals surface area (Å²) in [7, 11) is 0. The summed E-state index contributed by atoms with van der Waals surface area (Å²) in [5, 5.41) is 12.4. The van der Waals surface area contributed by atoms with Crippen LogP contribution in [-0.2, 0) is 19.4 Å². The molecule has 172 valence electrons. The number of aromatic nitrogens is 2. The number of hydrogen-bond donors (Lipinski definition) is 2. The van der Waals surface area contributed by atoms with Crippen molar-refractivity contribution in [2.45, 2.75) is 32.4 Å². The third-order valence-electron chi connectivity index (χ3n) is 5.76. The van der Waals surface area contributed by atoms with Gasteiger partial charge in [0.2, 0.25) is 0 Å². The molecule has 1 aliphatic heterocycles. The zero-order chi connectivity index (χ0) is 23.5. The van der Waals surface area contributed by atoms with E-state index in [2.05, 4.69) is 15.3 Å². The molecule has 0 saturated carbocycles. The summed E-state index contributed by atoms with van der Waals surface area (Å²) in [6, 6.07) is 7.61. The molecule has 6 nitrogen and oxygen atoms in total. The van der Waals surface area contributed by atoms with Gasteiger partial charge in [0.25, 0.3) is 0 Å². The van der Waals surface area contributed by atoms with Crippen LogP contribution in [0.15, 0.2) is 42.6 Å². The second-order valence-corrected chi connectivity index (χ2v) is 8.44. The van der Waals surface area contributed by atoms with Crippen molar-refractivity contribution in [3.8, 4) is 0 Å². The van der Waals surface area contributed by atoms with Crippen LogP contribution < -0.4 is 5.32 Å². The van der Waals surface area contributed by atoms with E-state index in [4.69, 9.17) is 11.6 Å². The molecule has 2 aromatic carbocycles. The van der Waals surface area contributed by atoms with E-state index in [9.17, 15) is 18.7 Å². The predicted molar refractivity (Wildman–Crippen MR) is 120 cm³/mol. The molecule has 0 aliphatic carbocycles. The molecule has 3 aromatic rings. The molecule has 4 rings (SSSR count). The number of aliphatic hydroxyl groups is 1. The molecule has 0 unspecified atom stereocenters. The first-order chi connectivity index (χ1) is 15.8. The van der Waals surface area contributed by atoms with Crippen LogP contribution >= 0.6 is 11.6 Å². The molecule has 1 aliphatic rings. The summed E-state index contributed by atoms with van der Waals surface area (Å²) in [6.07, 6.45) is 2.83. The molecule has 2 heterocycles. The third-order valence-corrected chi connectivity index (χ3v) is 6.07. The molecule has 0 bridgehead atoms. The Kier molecular flexibility index (Phi) is 6.85. The van der Waals surface area contributed by atoms with E-state index >= 15 is 0 Å². The summed E-state index contributed by atoms with van der Waals surface area (Å²) in [6.45, 7) is 2.20. The summed E-state index contributed by atoms with van der Waals surface area (Å²) >= 11 is 5.72. The first-order valence-electron chi connectivity index (χ1n) is 10.5. The van der Waals surface area contributed by atoms with Crippen LogP contribution in [-0.4, -0.2) is 39.2 Å². The minimum absolute atomic E-state index is 0.0271. The molecule has 1 aromatic heterocycles. The van der Waals surface area contributed by atoms with Crippen LogP contribution in [0.2, 0.25) is 5.02 Å². The maximum Gasteiger partial charge on any atom is 0.318 e. The largest absolute Gasteiger partial charge is 0.394 e. The van der Waals surface area contributed by atoms with Crippen molar-refractivity contribution < 1.29 is 18.7 Å². The Morgan fingerprint density at radius 2 is 2.09 bits per heavy atom. The lowest BCUT2D eigenvalue weighted by Crippen LogP contribution is -2.45. The van der Waals surface area contributed by atoms with Gasteiger partial charge in [0, 0.05) is 19.2 Å². The van der Waals surface area contributed by atoms with Gasteiger partial charge in [0.05, 0.1) is 29.9 Å². The van der Waals surface area contributed by atoms with Crippen LogP contribution in [0, 0.1) is 18.6 Å². The Labute approximate surface area is 195 Å². The zero-order valence-electron chi connectivity index (χ0n) is 18.0. The fourth-order valence-electron chi connectivity index (χ4n) is 3.83. The van der Waals surface area contributed by atoms with Crippen molar-refractivity contribution in [3.05, 3.63) is 93.0 Å². The van der Waals surface area contributed by atoms with Crippen molar-refractivity contribution in [3.63, 3.8) is 0 Å². The average molecular weight is 473 g/mol. The molecular weight excluding hydrogens is 450 g/mol. The number of carbonyl (C=O) groups excluding carboxylic acids is 1. The monoisotopic (exact) mass is 472 g/mol.